The lowest BCUT2D eigenvalue weighted by Gasteiger charge is -2.08. The maximum Gasteiger partial charge on any atom is 0.146 e. The zero-order chi connectivity index (χ0) is 12.3. The van der Waals surface area contributed by atoms with E-state index in [0.717, 1.165) is 0 Å². The molecule has 0 atom stereocenters. The summed E-state index contributed by atoms with van der Waals surface area (Å²) < 4.78 is 6.23. The SMILES string of the molecule is N#Cc1c(Br)cccc1Oc1cccc(O)c1. The number of ether oxygens (including phenoxy) is 1. The molecule has 0 bridgehead atoms. The Morgan fingerprint density at radius 2 is 1.94 bits per heavy atom. The highest BCUT2D eigenvalue weighted by atomic mass is 79.9. The highest BCUT2D eigenvalue weighted by Crippen LogP contribution is 2.30. The molecule has 0 spiro atoms. The molecule has 3 nitrogen and oxygen atoms in total. The van der Waals surface area contributed by atoms with E-state index in [-0.39, 0.29) is 5.75 Å². The molecular formula is C13H8BrNO2. The second kappa shape index (κ2) is 4.89. The Hall–Kier alpha value is -1.99. The fourth-order valence-corrected chi connectivity index (χ4v) is 1.81. The summed E-state index contributed by atoms with van der Waals surface area (Å²) in [7, 11) is 0. The van der Waals surface area contributed by atoms with E-state index < -0.39 is 0 Å². The van der Waals surface area contributed by atoms with Crippen molar-refractivity contribution in [1.82, 2.24) is 0 Å². The Morgan fingerprint density at radius 1 is 1.18 bits per heavy atom. The third-order valence-corrected chi connectivity index (χ3v) is 2.79. The van der Waals surface area contributed by atoms with Crippen LogP contribution in [0.25, 0.3) is 0 Å². The largest absolute Gasteiger partial charge is 0.508 e. The molecule has 0 heterocycles. The molecule has 0 amide bonds. The van der Waals surface area contributed by atoms with Crippen molar-refractivity contribution >= 4 is 15.9 Å². The fraction of sp³-hybridized carbons (Fsp3) is 0. The van der Waals surface area contributed by atoms with Crippen LogP contribution in [0.15, 0.2) is 46.9 Å². The Labute approximate surface area is 107 Å². The minimum atomic E-state index is 0.121. The van der Waals surface area contributed by atoms with Gasteiger partial charge in [0.2, 0.25) is 0 Å². The van der Waals surface area contributed by atoms with E-state index in [9.17, 15) is 5.11 Å². The molecular weight excluding hydrogens is 282 g/mol. The van der Waals surface area contributed by atoms with Crippen LogP contribution < -0.4 is 4.74 Å². The third-order valence-electron chi connectivity index (χ3n) is 2.13. The smallest absolute Gasteiger partial charge is 0.146 e. The van der Waals surface area contributed by atoms with Gasteiger partial charge in [-0.1, -0.05) is 12.1 Å². The number of nitriles is 1. The standard InChI is InChI=1S/C13H8BrNO2/c14-12-5-2-6-13(11(12)8-15)17-10-4-1-3-9(16)7-10/h1-7,16H. The molecule has 0 radical (unpaired) electrons. The van der Waals surface area contributed by atoms with Crippen molar-refractivity contribution in [2.45, 2.75) is 0 Å². The summed E-state index contributed by atoms with van der Waals surface area (Å²) in [5.41, 5.74) is 0.427. The third kappa shape index (κ3) is 2.58. The molecule has 0 fully saturated rings. The van der Waals surface area contributed by atoms with E-state index >= 15 is 0 Å². The van der Waals surface area contributed by atoms with Crippen molar-refractivity contribution in [2.24, 2.45) is 0 Å². The van der Waals surface area contributed by atoms with Gasteiger partial charge >= 0.3 is 0 Å². The number of phenols is 1. The van der Waals surface area contributed by atoms with Crippen molar-refractivity contribution in [3.05, 3.63) is 52.5 Å². The predicted octanol–water partition coefficient (Wildman–Crippen LogP) is 3.82. The summed E-state index contributed by atoms with van der Waals surface area (Å²) in [5, 5.41) is 18.3. The molecule has 84 valence electrons. The van der Waals surface area contributed by atoms with Gasteiger partial charge in [-0.15, -0.1) is 0 Å². The summed E-state index contributed by atoms with van der Waals surface area (Å²) in [6.45, 7) is 0. The first-order chi connectivity index (χ1) is 8.20. The van der Waals surface area contributed by atoms with Gasteiger partial charge in [0.25, 0.3) is 0 Å². The normalized spacial score (nSPS) is 9.65. The van der Waals surface area contributed by atoms with E-state index in [2.05, 4.69) is 22.0 Å². The van der Waals surface area contributed by atoms with Crippen LogP contribution in [0.2, 0.25) is 0 Å². The Bertz CT molecular complexity index is 590. The summed E-state index contributed by atoms with van der Waals surface area (Å²) >= 11 is 3.28. The molecule has 0 aliphatic carbocycles. The first kappa shape index (κ1) is 11.5. The van der Waals surface area contributed by atoms with E-state index in [1.54, 1.807) is 36.4 Å². The molecule has 17 heavy (non-hydrogen) atoms. The molecule has 2 rings (SSSR count). The average molecular weight is 290 g/mol. The monoisotopic (exact) mass is 289 g/mol. The van der Waals surface area contributed by atoms with Crippen LogP contribution in [0, 0.1) is 11.3 Å². The lowest BCUT2D eigenvalue weighted by atomic mass is 10.2. The van der Waals surface area contributed by atoms with Gasteiger partial charge in [-0.3, -0.25) is 0 Å². The molecule has 0 aliphatic rings. The molecule has 2 aromatic carbocycles. The molecule has 4 heteroatoms. The molecule has 0 aromatic heterocycles. The predicted molar refractivity (Wildman–Crippen MR) is 67.0 cm³/mol. The van der Waals surface area contributed by atoms with Crippen molar-refractivity contribution in [2.75, 3.05) is 0 Å². The van der Waals surface area contributed by atoms with Crippen molar-refractivity contribution in [1.29, 1.82) is 5.26 Å². The molecule has 2 aromatic rings. The quantitative estimate of drug-likeness (QED) is 0.914. The van der Waals surface area contributed by atoms with Gasteiger partial charge < -0.3 is 9.84 Å². The average Bonchev–Trinajstić information content (AvgIpc) is 2.29. The number of aromatic hydroxyl groups is 1. The highest BCUT2D eigenvalue weighted by molar-refractivity contribution is 9.10. The second-order valence-corrected chi connectivity index (χ2v) is 4.18. The van der Waals surface area contributed by atoms with Crippen LogP contribution in [-0.2, 0) is 0 Å². The van der Waals surface area contributed by atoms with Crippen LogP contribution in [0.4, 0.5) is 0 Å². The molecule has 0 unspecified atom stereocenters. The van der Waals surface area contributed by atoms with Crippen LogP contribution in [0.3, 0.4) is 0 Å². The maximum absolute atomic E-state index is 9.32. The van der Waals surface area contributed by atoms with Gasteiger partial charge in [0.1, 0.15) is 28.9 Å². The van der Waals surface area contributed by atoms with Crippen LogP contribution >= 0.6 is 15.9 Å². The number of hydrogen-bond donors (Lipinski definition) is 1. The van der Waals surface area contributed by atoms with Crippen LogP contribution in [0.1, 0.15) is 5.56 Å². The lowest BCUT2D eigenvalue weighted by Crippen LogP contribution is -1.88. The Balaban J connectivity index is 2.37. The minimum absolute atomic E-state index is 0.121. The Morgan fingerprint density at radius 3 is 2.65 bits per heavy atom. The Kier molecular flexibility index (Phi) is 3.31. The number of hydrogen-bond acceptors (Lipinski definition) is 3. The van der Waals surface area contributed by atoms with E-state index in [4.69, 9.17) is 10.00 Å². The number of benzene rings is 2. The van der Waals surface area contributed by atoms with Gasteiger partial charge in [-0.2, -0.15) is 5.26 Å². The first-order valence-electron chi connectivity index (χ1n) is 4.86. The van der Waals surface area contributed by atoms with E-state index in [0.29, 0.717) is 21.5 Å². The lowest BCUT2D eigenvalue weighted by molar-refractivity contribution is 0.454. The van der Waals surface area contributed by atoms with Crippen molar-refractivity contribution in [3.8, 4) is 23.3 Å². The topological polar surface area (TPSA) is 53.2 Å². The molecule has 0 aliphatic heterocycles. The van der Waals surface area contributed by atoms with Crippen LogP contribution in [0.5, 0.6) is 17.2 Å². The zero-order valence-electron chi connectivity index (χ0n) is 8.72. The summed E-state index contributed by atoms with van der Waals surface area (Å²) in [6, 6.07) is 13.7. The number of phenolic OH excluding ortho intramolecular Hbond substituents is 1. The zero-order valence-corrected chi connectivity index (χ0v) is 10.3. The molecule has 0 saturated carbocycles. The van der Waals surface area contributed by atoms with Gasteiger partial charge in [-0.25, -0.2) is 0 Å². The van der Waals surface area contributed by atoms with Gasteiger partial charge in [0.05, 0.1) is 0 Å². The molecule has 0 saturated heterocycles. The van der Waals surface area contributed by atoms with Crippen molar-refractivity contribution in [3.63, 3.8) is 0 Å². The van der Waals surface area contributed by atoms with Gasteiger partial charge in [-0.05, 0) is 40.2 Å². The molecule has 1 N–H and O–H groups in total. The van der Waals surface area contributed by atoms with E-state index in [1.165, 1.54) is 6.07 Å². The summed E-state index contributed by atoms with van der Waals surface area (Å²) in [6.07, 6.45) is 0. The summed E-state index contributed by atoms with van der Waals surface area (Å²) in [5.74, 6) is 1.06. The van der Waals surface area contributed by atoms with E-state index in [1.807, 2.05) is 0 Å². The van der Waals surface area contributed by atoms with Crippen LogP contribution in [-0.4, -0.2) is 5.11 Å². The van der Waals surface area contributed by atoms with Gasteiger partial charge in [0.15, 0.2) is 0 Å². The maximum atomic E-state index is 9.32. The fourth-order valence-electron chi connectivity index (χ4n) is 1.37. The highest BCUT2D eigenvalue weighted by Gasteiger charge is 2.08. The summed E-state index contributed by atoms with van der Waals surface area (Å²) in [4.78, 5) is 0. The van der Waals surface area contributed by atoms with Gasteiger partial charge in [0, 0.05) is 10.5 Å². The second-order valence-electron chi connectivity index (χ2n) is 3.32. The first-order valence-corrected chi connectivity index (χ1v) is 5.65. The minimum Gasteiger partial charge on any atom is -0.508 e. The number of rotatable bonds is 2. The van der Waals surface area contributed by atoms with Crippen molar-refractivity contribution < 1.29 is 9.84 Å². The number of nitrogens with zero attached hydrogens (tertiary/aromatic N) is 1. The number of halogens is 1.